The minimum Gasteiger partial charge on any atom is -0.398 e. The lowest BCUT2D eigenvalue weighted by atomic mass is 10.2. The Morgan fingerprint density at radius 2 is 1.80 bits per heavy atom. The van der Waals surface area contributed by atoms with Gasteiger partial charge in [-0.25, -0.2) is 16.8 Å². The van der Waals surface area contributed by atoms with Crippen LogP contribution in [0.4, 0.5) is 5.69 Å². The Kier molecular flexibility index (Phi) is 4.03. The van der Waals surface area contributed by atoms with Crippen molar-refractivity contribution >= 4 is 37.1 Å². The summed E-state index contributed by atoms with van der Waals surface area (Å²) in [6, 6.07) is 2.81. The van der Waals surface area contributed by atoms with E-state index in [0.717, 1.165) is 4.31 Å². The summed E-state index contributed by atoms with van der Waals surface area (Å²) in [6.07, 6.45) is 0. The Hall–Kier alpha value is -0.830. The second-order valence-electron chi connectivity index (χ2n) is 4.70. The number of rotatable bonds is 2. The first-order valence-electron chi connectivity index (χ1n) is 5.90. The highest BCUT2D eigenvalue weighted by atomic mass is 35.5. The number of halogens is 1. The van der Waals surface area contributed by atoms with Crippen LogP contribution < -0.4 is 5.73 Å². The van der Waals surface area contributed by atoms with Gasteiger partial charge in [-0.3, -0.25) is 0 Å². The van der Waals surface area contributed by atoms with Gasteiger partial charge in [-0.05, 0) is 24.6 Å². The zero-order chi connectivity index (χ0) is 15.1. The first-order valence-corrected chi connectivity index (χ1v) is 9.53. The Labute approximate surface area is 123 Å². The monoisotopic (exact) mass is 338 g/mol. The van der Waals surface area contributed by atoms with Gasteiger partial charge in [-0.2, -0.15) is 4.31 Å². The summed E-state index contributed by atoms with van der Waals surface area (Å²) in [6.45, 7) is 1.61. The molecule has 1 aliphatic heterocycles. The van der Waals surface area contributed by atoms with Crippen molar-refractivity contribution < 1.29 is 16.8 Å². The van der Waals surface area contributed by atoms with Gasteiger partial charge in [0, 0.05) is 18.8 Å². The maximum Gasteiger partial charge on any atom is 0.244 e. The fraction of sp³-hybridized carbons (Fsp3) is 0.455. The van der Waals surface area contributed by atoms with Crippen molar-refractivity contribution in [3.63, 3.8) is 0 Å². The molecule has 0 amide bonds. The SMILES string of the molecule is Cc1cc(Cl)c(S(=O)(=O)N2CCS(=O)(=O)CC2)cc1N. The zero-order valence-electron chi connectivity index (χ0n) is 10.8. The Bertz CT molecular complexity index is 730. The smallest absolute Gasteiger partial charge is 0.244 e. The van der Waals surface area contributed by atoms with Crippen molar-refractivity contribution in [1.82, 2.24) is 4.31 Å². The lowest BCUT2D eigenvalue weighted by Crippen LogP contribution is -2.43. The van der Waals surface area contributed by atoms with E-state index in [1.165, 1.54) is 12.1 Å². The third-order valence-corrected chi connectivity index (χ3v) is 7.21. The number of nitrogens with two attached hydrogens (primary N) is 1. The van der Waals surface area contributed by atoms with Crippen molar-refractivity contribution in [2.24, 2.45) is 0 Å². The molecule has 0 aliphatic carbocycles. The zero-order valence-corrected chi connectivity index (χ0v) is 13.2. The van der Waals surface area contributed by atoms with E-state index < -0.39 is 19.9 Å². The highest BCUT2D eigenvalue weighted by Crippen LogP contribution is 2.29. The molecule has 0 atom stereocenters. The van der Waals surface area contributed by atoms with Crippen molar-refractivity contribution in [3.05, 3.63) is 22.7 Å². The summed E-state index contributed by atoms with van der Waals surface area (Å²) in [5.74, 6) is -0.351. The van der Waals surface area contributed by atoms with Gasteiger partial charge in [-0.1, -0.05) is 11.6 Å². The summed E-state index contributed by atoms with van der Waals surface area (Å²) < 4.78 is 48.8. The summed E-state index contributed by atoms with van der Waals surface area (Å²) in [4.78, 5) is -0.0819. The number of sulfone groups is 1. The van der Waals surface area contributed by atoms with Gasteiger partial charge in [0.15, 0.2) is 9.84 Å². The van der Waals surface area contributed by atoms with E-state index in [-0.39, 0.29) is 34.5 Å². The van der Waals surface area contributed by atoms with Crippen LogP contribution in [0, 0.1) is 6.92 Å². The van der Waals surface area contributed by atoms with Gasteiger partial charge in [0.2, 0.25) is 10.0 Å². The molecule has 2 N–H and O–H groups in total. The van der Waals surface area contributed by atoms with Crippen molar-refractivity contribution in [3.8, 4) is 0 Å². The van der Waals surface area contributed by atoms with E-state index >= 15 is 0 Å². The highest BCUT2D eigenvalue weighted by molar-refractivity contribution is 7.92. The molecule has 1 aromatic rings. The molecule has 6 nitrogen and oxygen atoms in total. The molecule has 0 saturated carbocycles. The third-order valence-electron chi connectivity index (χ3n) is 3.24. The van der Waals surface area contributed by atoms with Crippen molar-refractivity contribution in [1.29, 1.82) is 0 Å². The van der Waals surface area contributed by atoms with Crippen molar-refractivity contribution in [2.45, 2.75) is 11.8 Å². The molecular formula is C11H15ClN2O4S2. The van der Waals surface area contributed by atoms with Crippen LogP contribution >= 0.6 is 11.6 Å². The van der Waals surface area contributed by atoms with Crippen LogP contribution in [-0.4, -0.2) is 45.7 Å². The maximum absolute atomic E-state index is 12.5. The number of nitrogens with zero attached hydrogens (tertiary/aromatic N) is 1. The van der Waals surface area contributed by atoms with E-state index in [1.807, 2.05) is 0 Å². The van der Waals surface area contributed by atoms with E-state index in [1.54, 1.807) is 6.92 Å². The third kappa shape index (κ3) is 2.93. The maximum atomic E-state index is 12.5. The van der Waals surface area contributed by atoms with Gasteiger partial charge in [-0.15, -0.1) is 0 Å². The van der Waals surface area contributed by atoms with Crippen LogP contribution in [0.3, 0.4) is 0 Å². The second-order valence-corrected chi connectivity index (χ2v) is 9.31. The number of hydrogen-bond donors (Lipinski definition) is 1. The molecule has 0 bridgehead atoms. The minimum absolute atomic E-state index is 0.0607. The molecule has 1 saturated heterocycles. The number of nitrogen functional groups attached to an aromatic ring is 1. The Morgan fingerprint density at radius 1 is 1.25 bits per heavy atom. The largest absolute Gasteiger partial charge is 0.398 e. The van der Waals surface area contributed by atoms with Crippen LogP contribution in [0.2, 0.25) is 5.02 Å². The van der Waals surface area contributed by atoms with E-state index in [2.05, 4.69) is 0 Å². The fourth-order valence-corrected chi connectivity index (χ4v) is 5.41. The number of sulfonamides is 1. The molecule has 20 heavy (non-hydrogen) atoms. The number of hydrogen-bond acceptors (Lipinski definition) is 5. The molecule has 0 unspecified atom stereocenters. The number of benzene rings is 1. The topological polar surface area (TPSA) is 97.5 Å². The summed E-state index contributed by atoms with van der Waals surface area (Å²) >= 11 is 5.98. The molecule has 0 spiro atoms. The van der Waals surface area contributed by atoms with Gasteiger partial charge in [0.25, 0.3) is 0 Å². The molecule has 2 rings (SSSR count). The molecule has 0 aromatic heterocycles. The summed E-state index contributed by atoms with van der Waals surface area (Å²) in [7, 11) is -6.97. The average molecular weight is 339 g/mol. The standard InChI is InChI=1S/C11H15ClN2O4S2/c1-8-6-9(12)11(7-10(8)13)20(17,18)14-2-4-19(15,16)5-3-14/h6-7H,2-5,13H2,1H3. The molecule has 9 heteroatoms. The molecule has 1 aliphatic rings. The van der Waals surface area contributed by atoms with Crippen LogP contribution in [0.5, 0.6) is 0 Å². The van der Waals surface area contributed by atoms with Crippen LogP contribution in [0.15, 0.2) is 17.0 Å². The molecular weight excluding hydrogens is 324 g/mol. The lowest BCUT2D eigenvalue weighted by molar-refractivity contribution is 0.431. The normalized spacial score (nSPS) is 19.9. The number of aryl methyl sites for hydroxylation is 1. The molecule has 0 radical (unpaired) electrons. The minimum atomic E-state index is -3.83. The Balaban J connectivity index is 2.39. The van der Waals surface area contributed by atoms with E-state index in [0.29, 0.717) is 11.3 Å². The van der Waals surface area contributed by atoms with Crippen LogP contribution in [-0.2, 0) is 19.9 Å². The van der Waals surface area contributed by atoms with Gasteiger partial charge in [0.1, 0.15) is 4.90 Å². The van der Waals surface area contributed by atoms with E-state index in [4.69, 9.17) is 17.3 Å². The highest BCUT2D eigenvalue weighted by Gasteiger charge is 2.32. The fourth-order valence-electron chi connectivity index (χ4n) is 1.94. The Morgan fingerprint density at radius 3 is 2.35 bits per heavy atom. The van der Waals surface area contributed by atoms with Gasteiger partial charge in [0.05, 0.1) is 16.5 Å². The summed E-state index contributed by atoms with van der Waals surface area (Å²) in [5, 5.41) is 0.0881. The quantitative estimate of drug-likeness (QED) is 0.798. The molecule has 112 valence electrons. The lowest BCUT2D eigenvalue weighted by Gasteiger charge is -2.26. The first kappa shape index (κ1) is 15.6. The van der Waals surface area contributed by atoms with Gasteiger partial charge < -0.3 is 5.73 Å². The molecule has 1 fully saturated rings. The van der Waals surface area contributed by atoms with Crippen LogP contribution in [0.25, 0.3) is 0 Å². The van der Waals surface area contributed by atoms with Crippen LogP contribution in [0.1, 0.15) is 5.56 Å². The first-order chi connectivity index (χ1) is 9.13. The predicted molar refractivity (Wildman–Crippen MR) is 78.0 cm³/mol. The summed E-state index contributed by atoms with van der Waals surface area (Å²) in [5.41, 5.74) is 6.74. The predicted octanol–water partition coefficient (Wildman–Crippen LogP) is 0.650. The number of anilines is 1. The second kappa shape index (κ2) is 5.18. The van der Waals surface area contributed by atoms with E-state index in [9.17, 15) is 16.8 Å². The molecule has 1 aromatic carbocycles. The average Bonchev–Trinajstić information content (AvgIpc) is 2.33. The van der Waals surface area contributed by atoms with Crippen molar-refractivity contribution in [2.75, 3.05) is 30.3 Å². The van der Waals surface area contributed by atoms with Gasteiger partial charge >= 0.3 is 0 Å². The molecule has 1 heterocycles.